The number of carbonyl (C=O) groups is 1. The SMILES string of the molecule is COc1ccc([C@H]2C=C(C(=O)N3CCC(N4CCCCC4)CC3)O[C@@H](OCc3ccc(CO)cc3)C2)cc1. The highest BCUT2D eigenvalue weighted by atomic mass is 16.7. The molecule has 7 nitrogen and oxygen atoms in total. The quantitative estimate of drug-likeness (QED) is 0.549. The van der Waals surface area contributed by atoms with E-state index in [9.17, 15) is 9.90 Å². The Morgan fingerprint density at radius 2 is 1.63 bits per heavy atom. The number of benzene rings is 2. The second-order valence-corrected chi connectivity index (χ2v) is 10.6. The van der Waals surface area contributed by atoms with Gasteiger partial charge < -0.3 is 29.1 Å². The van der Waals surface area contributed by atoms with E-state index in [2.05, 4.69) is 4.90 Å². The van der Waals surface area contributed by atoms with E-state index >= 15 is 0 Å². The Morgan fingerprint density at radius 1 is 0.947 bits per heavy atom. The van der Waals surface area contributed by atoms with Crippen LogP contribution in [0.1, 0.15) is 61.1 Å². The summed E-state index contributed by atoms with van der Waals surface area (Å²) in [4.78, 5) is 18.2. The zero-order valence-corrected chi connectivity index (χ0v) is 22.4. The van der Waals surface area contributed by atoms with Gasteiger partial charge in [0.2, 0.25) is 6.29 Å². The molecule has 7 heteroatoms. The molecule has 0 aliphatic carbocycles. The maximum Gasteiger partial charge on any atom is 0.288 e. The monoisotopic (exact) mass is 520 g/mol. The first kappa shape index (κ1) is 26.7. The molecule has 5 rings (SSSR count). The number of hydrogen-bond donors (Lipinski definition) is 1. The number of aliphatic hydroxyl groups excluding tert-OH is 1. The molecule has 3 aliphatic heterocycles. The molecular weight excluding hydrogens is 480 g/mol. The smallest absolute Gasteiger partial charge is 0.288 e. The number of piperidine rings is 2. The van der Waals surface area contributed by atoms with E-state index in [4.69, 9.17) is 14.2 Å². The summed E-state index contributed by atoms with van der Waals surface area (Å²) in [5, 5.41) is 9.30. The summed E-state index contributed by atoms with van der Waals surface area (Å²) in [6.45, 7) is 4.29. The molecule has 1 N–H and O–H groups in total. The molecule has 0 radical (unpaired) electrons. The second-order valence-electron chi connectivity index (χ2n) is 10.6. The van der Waals surface area contributed by atoms with Gasteiger partial charge in [-0.25, -0.2) is 0 Å². The number of carbonyl (C=O) groups excluding carboxylic acids is 1. The molecule has 0 aromatic heterocycles. The second kappa shape index (κ2) is 12.8. The van der Waals surface area contributed by atoms with Crippen LogP contribution in [-0.2, 0) is 27.5 Å². The predicted octanol–water partition coefficient (Wildman–Crippen LogP) is 4.60. The minimum atomic E-state index is -0.533. The summed E-state index contributed by atoms with van der Waals surface area (Å²) in [6, 6.07) is 16.2. The molecule has 3 aliphatic rings. The Kier molecular flexibility index (Phi) is 8.99. The summed E-state index contributed by atoms with van der Waals surface area (Å²) < 4.78 is 17.7. The first-order valence-corrected chi connectivity index (χ1v) is 14.0. The van der Waals surface area contributed by atoms with Crippen LogP contribution in [0, 0.1) is 0 Å². The van der Waals surface area contributed by atoms with Gasteiger partial charge in [-0.1, -0.05) is 42.8 Å². The number of aliphatic hydroxyl groups is 1. The summed E-state index contributed by atoms with van der Waals surface area (Å²) in [5.74, 6) is 1.15. The van der Waals surface area contributed by atoms with Crippen LogP contribution in [-0.4, -0.2) is 66.4 Å². The van der Waals surface area contributed by atoms with E-state index in [1.165, 1.54) is 32.4 Å². The zero-order valence-electron chi connectivity index (χ0n) is 22.4. The van der Waals surface area contributed by atoms with Gasteiger partial charge in [0.1, 0.15) is 5.75 Å². The van der Waals surface area contributed by atoms with Gasteiger partial charge in [-0.3, -0.25) is 4.79 Å². The standard InChI is InChI=1S/C31H40N2O5/c1-36-28-11-9-25(10-12-28)26-19-29(38-30(20-26)37-22-24-7-5-23(21-34)6-8-24)31(35)33-17-13-27(14-18-33)32-15-3-2-4-16-32/h5-12,19,26-27,30,34H,2-4,13-18,20-22H2,1H3/t26-,30+/m0/s1. The Bertz CT molecular complexity index is 1070. The third-order valence-corrected chi connectivity index (χ3v) is 8.11. The van der Waals surface area contributed by atoms with Gasteiger partial charge in [-0.05, 0) is 73.7 Å². The van der Waals surface area contributed by atoms with Gasteiger partial charge in [0.25, 0.3) is 5.91 Å². The fraction of sp³-hybridized carbons (Fsp3) is 0.516. The molecule has 0 spiro atoms. The lowest BCUT2D eigenvalue weighted by Crippen LogP contribution is -2.49. The van der Waals surface area contributed by atoms with Crippen LogP contribution < -0.4 is 4.74 Å². The van der Waals surface area contributed by atoms with Crippen molar-refractivity contribution in [3.05, 3.63) is 77.1 Å². The molecule has 0 unspecified atom stereocenters. The largest absolute Gasteiger partial charge is 0.497 e. The molecular formula is C31H40N2O5. The first-order chi connectivity index (χ1) is 18.6. The minimum absolute atomic E-state index is 0.00117. The van der Waals surface area contributed by atoms with Crippen LogP contribution in [0.3, 0.4) is 0 Å². The number of methoxy groups -OCH3 is 1. The van der Waals surface area contributed by atoms with Crippen LogP contribution in [0.25, 0.3) is 0 Å². The van der Waals surface area contributed by atoms with Crippen molar-refractivity contribution < 1.29 is 24.1 Å². The zero-order chi connectivity index (χ0) is 26.3. The molecule has 2 aromatic carbocycles. The number of ether oxygens (including phenoxy) is 3. The number of amides is 1. The summed E-state index contributed by atoms with van der Waals surface area (Å²) in [5.41, 5.74) is 2.96. The maximum atomic E-state index is 13.6. The highest BCUT2D eigenvalue weighted by molar-refractivity contribution is 5.91. The lowest BCUT2D eigenvalue weighted by Gasteiger charge is -2.40. The molecule has 1 amide bonds. The van der Waals surface area contributed by atoms with Gasteiger partial charge >= 0.3 is 0 Å². The van der Waals surface area contributed by atoms with Crippen molar-refractivity contribution in [2.75, 3.05) is 33.3 Å². The van der Waals surface area contributed by atoms with E-state index in [0.29, 0.717) is 24.8 Å². The summed E-state index contributed by atoms with van der Waals surface area (Å²) in [7, 11) is 1.66. The van der Waals surface area contributed by atoms with Gasteiger partial charge in [-0.15, -0.1) is 0 Å². The highest BCUT2D eigenvalue weighted by Crippen LogP contribution is 2.34. The maximum absolute atomic E-state index is 13.6. The van der Waals surface area contributed by atoms with Crippen LogP contribution in [0.4, 0.5) is 0 Å². The van der Waals surface area contributed by atoms with Crippen LogP contribution in [0.2, 0.25) is 0 Å². The molecule has 2 fully saturated rings. The van der Waals surface area contributed by atoms with Gasteiger partial charge in [0, 0.05) is 31.5 Å². The van der Waals surface area contributed by atoms with Gasteiger partial charge in [0.05, 0.1) is 20.3 Å². The minimum Gasteiger partial charge on any atom is -0.497 e. The number of likely N-dealkylation sites (tertiary alicyclic amines) is 2. The Hall–Kier alpha value is -2.87. The van der Waals surface area contributed by atoms with E-state index in [-0.39, 0.29) is 18.4 Å². The van der Waals surface area contributed by atoms with Crippen molar-refractivity contribution in [1.29, 1.82) is 0 Å². The number of nitrogens with zero attached hydrogens (tertiary/aromatic N) is 2. The van der Waals surface area contributed by atoms with Gasteiger partial charge in [-0.2, -0.15) is 0 Å². The normalized spacial score (nSPS) is 23.0. The fourth-order valence-corrected chi connectivity index (χ4v) is 5.80. The molecule has 204 valence electrons. The van der Waals surface area contributed by atoms with Crippen molar-refractivity contribution in [2.24, 2.45) is 0 Å². The van der Waals surface area contributed by atoms with Crippen molar-refractivity contribution in [1.82, 2.24) is 9.80 Å². The Morgan fingerprint density at radius 3 is 2.29 bits per heavy atom. The number of hydrogen-bond acceptors (Lipinski definition) is 6. The molecule has 2 atom stereocenters. The highest BCUT2D eigenvalue weighted by Gasteiger charge is 2.34. The molecule has 2 saturated heterocycles. The number of allylic oxidation sites excluding steroid dienone is 1. The molecule has 2 aromatic rings. The molecule has 3 heterocycles. The average Bonchev–Trinajstić information content (AvgIpc) is 3.00. The fourth-order valence-electron chi connectivity index (χ4n) is 5.80. The molecule has 0 bridgehead atoms. The lowest BCUT2D eigenvalue weighted by atomic mass is 9.92. The third-order valence-electron chi connectivity index (χ3n) is 8.11. The molecule has 0 saturated carbocycles. The molecule has 38 heavy (non-hydrogen) atoms. The van der Waals surface area contributed by atoms with Crippen LogP contribution in [0.15, 0.2) is 60.4 Å². The van der Waals surface area contributed by atoms with Crippen molar-refractivity contribution in [2.45, 2.75) is 70.0 Å². The van der Waals surface area contributed by atoms with Crippen molar-refractivity contribution >= 4 is 5.91 Å². The third kappa shape index (κ3) is 6.57. The Balaban J connectivity index is 1.26. The summed E-state index contributed by atoms with van der Waals surface area (Å²) in [6.07, 6.45) is 8.01. The van der Waals surface area contributed by atoms with E-state index in [0.717, 1.165) is 48.4 Å². The van der Waals surface area contributed by atoms with E-state index < -0.39 is 6.29 Å². The first-order valence-electron chi connectivity index (χ1n) is 14.0. The van der Waals surface area contributed by atoms with Gasteiger partial charge in [0.15, 0.2) is 5.76 Å². The number of rotatable bonds is 8. The Labute approximate surface area is 226 Å². The predicted molar refractivity (Wildman–Crippen MR) is 145 cm³/mol. The van der Waals surface area contributed by atoms with Crippen molar-refractivity contribution in [3.8, 4) is 5.75 Å². The van der Waals surface area contributed by atoms with Crippen molar-refractivity contribution in [3.63, 3.8) is 0 Å². The van der Waals surface area contributed by atoms with E-state index in [1.54, 1.807) is 7.11 Å². The van der Waals surface area contributed by atoms with Crippen LogP contribution >= 0.6 is 0 Å². The summed E-state index contributed by atoms with van der Waals surface area (Å²) >= 11 is 0. The topological polar surface area (TPSA) is 71.5 Å². The average molecular weight is 521 g/mol. The lowest BCUT2D eigenvalue weighted by molar-refractivity contribution is -0.157. The van der Waals surface area contributed by atoms with E-state index in [1.807, 2.05) is 59.5 Å². The van der Waals surface area contributed by atoms with Crippen LogP contribution in [0.5, 0.6) is 5.75 Å².